The Bertz CT molecular complexity index is 605. The number of aromatic nitrogens is 3. The number of halogens is 3. The van der Waals surface area contributed by atoms with Gasteiger partial charge in [0.25, 0.3) is 5.91 Å². The predicted octanol–water partition coefficient (Wildman–Crippen LogP) is 3.08. The molecule has 0 fully saturated rings. The Morgan fingerprint density at radius 1 is 1.17 bits per heavy atom. The number of anilines is 1. The standard InChI is InChI=1S/C10H5Cl3N4O/c11-5-1-2-14-6(3-5)10(18)17-9-7(12)8(13)15-4-16-9/h1-4H,(H,15,16,17,18). The third kappa shape index (κ3) is 2.87. The number of carbonyl (C=O) groups excluding carboxylic acids is 1. The van der Waals surface area contributed by atoms with Crippen LogP contribution in [-0.4, -0.2) is 20.9 Å². The minimum Gasteiger partial charge on any atom is -0.304 e. The molecule has 0 atom stereocenters. The molecular weight excluding hydrogens is 298 g/mol. The lowest BCUT2D eigenvalue weighted by atomic mass is 10.3. The van der Waals surface area contributed by atoms with Crippen molar-refractivity contribution >= 4 is 46.5 Å². The highest BCUT2D eigenvalue weighted by atomic mass is 35.5. The first-order valence-corrected chi connectivity index (χ1v) is 5.80. The van der Waals surface area contributed by atoms with Crippen LogP contribution in [-0.2, 0) is 0 Å². The van der Waals surface area contributed by atoms with Crippen LogP contribution in [0.3, 0.4) is 0 Å². The molecule has 0 bridgehead atoms. The second-order valence-electron chi connectivity index (χ2n) is 3.14. The van der Waals surface area contributed by atoms with E-state index in [1.165, 1.54) is 18.6 Å². The number of amides is 1. The quantitative estimate of drug-likeness (QED) is 0.866. The van der Waals surface area contributed by atoms with E-state index < -0.39 is 5.91 Å². The fourth-order valence-electron chi connectivity index (χ4n) is 1.14. The molecule has 0 aliphatic heterocycles. The molecule has 0 saturated heterocycles. The topological polar surface area (TPSA) is 67.8 Å². The molecule has 2 heterocycles. The summed E-state index contributed by atoms with van der Waals surface area (Å²) in [5, 5.41) is 2.99. The van der Waals surface area contributed by atoms with Crippen LogP contribution in [0, 0.1) is 0 Å². The Morgan fingerprint density at radius 3 is 2.67 bits per heavy atom. The molecule has 0 unspecified atom stereocenters. The maximum atomic E-state index is 11.8. The minimum atomic E-state index is -0.492. The Hall–Kier alpha value is -1.43. The zero-order chi connectivity index (χ0) is 13.1. The van der Waals surface area contributed by atoms with Gasteiger partial charge in [-0.1, -0.05) is 34.8 Å². The molecule has 1 amide bonds. The molecular formula is C10H5Cl3N4O. The smallest absolute Gasteiger partial charge is 0.275 e. The lowest BCUT2D eigenvalue weighted by molar-refractivity contribution is 0.102. The van der Waals surface area contributed by atoms with E-state index in [0.29, 0.717) is 5.02 Å². The van der Waals surface area contributed by atoms with Crippen molar-refractivity contribution in [3.8, 4) is 0 Å². The van der Waals surface area contributed by atoms with Crippen molar-refractivity contribution in [1.29, 1.82) is 0 Å². The summed E-state index contributed by atoms with van der Waals surface area (Å²) in [6, 6.07) is 2.99. The molecule has 0 aromatic carbocycles. The molecule has 2 aromatic rings. The van der Waals surface area contributed by atoms with Gasteiger partial charge in [-0.25, -0.2) is 9.97 Å². The summed E-state index contributed by atoms with van der Waals surface area (Å²) in [6.45, 7) is 0. The SMILES string of the molecule is O=C(Nc1ncnc(Cl)c1Cl)c1cc(Cl)ccn1. The van der Waals surface area contributed by atoms with Gasteiger partial charge >= 0.3 is 0 Å². The van der Waals surface area contributed by atoms with Gasteiger partial charge in [0.15, 0.2) is 11.0 Å². The van der Waals surface area contributed by atoms with Crippen molar-refractivity contribution in [2.75, 3.05) is 5.32 Å². The van der Waals surface area contributed by atoms with Gasteiger partial charge in [-0.2, -0.15) is 0 Å². The number of nitrogens with zero attached hydrogens (tertiary/aromatic N) is 3. The maximum absolute atomic E-state index is 11.8. The Balaban J connectivity index is 2.24. The third-order valence-corrected chi connectivity index (χ3v) is 2.91. The lowest BCUT2D eigenvalue weighted by Crippen LogP contribution is -2.15. The van der Waals surface area contributed by atoms with Gasteiger partial charge in [0, 0.05) is 11.2 Å². The van der Waals surface area contributed by atoms with Crippen LogP contribution in [0.25, 0.3) is 0 Å². The van der Waals surface area contributed by atoms with Gasteiger partial charge < -0.3 is 5.32 Å². The first-order chi connectivity index (χ1) is 8.58. The number of nitrogens with one attached hydrogen (secondary N) is 1. The van der Waals surface area contributed by atoms with Gasteiger partial charge in [-0.05, 0) is 12.1 Å². The maximum Gasteiger partial charge on any atom is 0.275 e. The summed E-state index contributed by atoms with van der Waals surface area (Å²) in [4.78, 5) is 23.2. The lowest BCUT2D eigenvalue weighted by Gasteiger charge is -2.05. The van der Waals surface area contributed by atoms with E-state index in [0.717, 1.165) is 0 Å². The van der Waals surface area contributed by atoms with Gasteiger partial charge in [-0.3, -0.25) is 9.78 Å². The number of pyridine rings is 1. The van der Waals surface area contributed by atoms with E-state index in [1.54, 1.807) is 6.07 Å². The van der Waals surface area contributed by atoms with Crippen LogP contribution in [0.1, 0.15) is 10.5 Å². The van der Waals surface area contributed by atoms with Crippen LogP contribution >= 0.6 is 34.8 Å². The van der Waals surface area contributed by atoms with E-state index in [4.69, 9.17) is 34.8 Å². The Kier molecular flexibility index (Phi) is 3.96. The first-order valence-electron chi connectivity index (χ1n) is 4.67. The zero-order valence-electron chi connectivity index (χ0n) is 8.69. The largest absolute Gasteiger partial charge is 0.304 e. The highest BCUT2D eigenvalue weighted by Gasteiger charge is 2.13. The molecule has 1 N–H and O–H groups in total. The molecule has 5 nitrogen and oxygen atoms in total. The monoisotopic (exact) mass is 302 g/mol. The highest BCUT2D eigenvalue weighted by molar-refractivity contribution is 6.43. The molecule has 0 saturated carbocycles. The predicted molar refractivity (Wildman–Crippen MR) is 69.3 cm³/mol. The molecule has 92 valence electrons. The average molecular weight is 304 g/mol. The summed E-state index contributed by atoms with van der Waals surface area (Å²) in [5.74, 6) is -0.377. The number of rotatable bonds is 2. The second kappa shape index (κ2) is 5.48. The van der Waals surface area contributed by atoms with E-state index in [9.17, 15) is 4.79 Å². The molecule has 8 heteroatoms. The summed E-state index contributed by atoms with van der Waals surface area (Å²) in [7, 11) is 0. The van der Waals surface area contributed by atoms with Gasteiger partial charge in [0.05, 0.1) is 0 Å². The van der Waals surface area contributed by atoms with Gasteiger partial charge in [-0.15, -0.1) is 0 Å². The van der Waals surface area contributed by atoms with Crippen molar-refractivity contribution in [2.45, 2.75) is 0 Å². The third-order valence-electron chi connectivity index (χ3n) is 1.93. The molecule has 0 radical (unpaired) electrons. The zero-order valence-corrected chi connectivity index (χ0v) is 11.0. The van der Waals surface area contributed by atoms with Crippen LogP contribution in [0.4, 0.5) is 5.82 Å². The Morgan fingerprint density at radius 2 is 1.94 bits per heavy atom. The fraction of sp³-hybridized carbons (Fsp3) is 0. The number of hydrogen-bond acceptors (Lipinski definition) is 4. The summed E-state index contributed by atoms with van der Waals surface area (Å²) in [5.41, 5.74) is 0.147. The molecule has 18 heavy (non-hydrogen) atoms. The van der Waals surface area contributed by atoms with Crippen molar-refractivity contribution < 1.29 is 4.79 Å². The van der Waals surface area contributed by atoms with Crippen molar-refractivity contribution in [3.05, 3.63) is 45.5 Å². The summed E-state index contributed by atoms with van der Waals surface area (Å²) < 4.78 is 0. The van der Waals surface area contributed by atoms with E-state index >= 15 is 0 Å². The van der Waals surface area contributed by atoms with E-state index in [1.807, 2.05) is 0 Å². The Labute approximate surface area is 117 Å². The number of carbonyl (C=O) groups is 1. The molecule has 2 rings (SSSR count). The summed E-state index contributed by atoms with van der Waals surface area (Å²) in [6.07, 6.45) is 2.61. The van der Waals surface area contributed by atoms with Crippen LogP contribution in [0.2, 0.25) is 15.2 Å². The van der Waals surface area contributed by atoms with Gasteiger partial charge in [0.2, 0.25) is 0 Å². The highest BCUT2D eigenvalue weighted by Crippen LogP contribution is 2.25. The van der Waals surface area contributed by atoms with Crippen LogP contribution < -0.4 is 5.32 Å². The van der Waals surface area contributed by atoms with Crippen molar-refractivity contribution in [3.63, 3.8) is 0 Å². The molecule has 2 aromatic heterocycles. The average Bonchev–Trinajstić information content (AvgIpc) is 2.35. The number of hydrogen-bond donors (Lipinski definition) is 1. The first kappa shape index (κ1) is 13.0. The van der Waals surface area contributed by atoms with E-state index in [2.05, 4.69) is 20.3 Å². The summed E-state index contributed by atoms with van der Waals surface area (Å²) >= 11 is 17.3. The van der Waals surface area contributed by atoms with Crippen molar-refractivity contribution in [1.82, 2.24) is 15.0 Å². The molecule has 0 spiro atoms. The van der Waals surface area contributed by atoms with Crippen LogP contribution in [0.5, 0.6) is 0 Å². The fourth-order valence-corrected chi connectivity index (χ4v) is 1.57. The second-order valence-corrected chi connectivity index (χ2v) is 4.31. The molecule has 0 aliphatic rings. The normalized spacial score (nSPS) is 10.2. The van der Waals surface area contributed by atoms with Crippen LogP contribution in [0.15, 0.2) is 24.7 Å². The minimum absolute atomic E-state index is 0.0565. The van der Waals surface area contributed by atoms with E-state index in [-0.39, 0.29) is 21.7 Å². The van der Waals surface area contributed by atoms with Gasteiger partial charge in [0.1, 0.15) is 17.0 Å². The molecule has 0 aliphatic carbocycles. The van der Waals surface area contributed by atoms with Crippen molar-refractivity contribution in [2.24, 2.45) is 0 Å².